The Labute approximate surface area is 116 Å². The van der Waals surface area contributed by atoms with Crippen molar-refractivity contribution in [1.29, 1.82) is 0 Å². The van der Waals surface area contributed by atoms with E-state index in [0.29, 0.717) is 5.69 Å². The van der Waals surface area contributed by atoms with E-state index in [4.69, 9.17) is 5.11 Å². The Hall–Kier alpha value is -1.36. The number of thiophene rings is 1. The van der Waals surface area contributed by atoms with Crippen molar-refractivity contribution in [3.8, 4) is 0 Å². The molecule has 19 heavy (non-hydrogen) atoms. The number of amides is 1. The minimum atomic E-state index is -0.981. The lowest BCUT2D eigenvalue weighted by molar-refractivity contribution is -0.125. The van der Waals surface area contributed by atoms with Gasteiger partial charge in [0.15, 0.2) is 0 Å². The Balaban J connectivity index is 2.23. The van der Waals surface area contributed by atoms with Gasteiger partial charge in [-0.1, -0.05) is 19.8 Å². The summed E-state index contributed by atoms with van der Waals surface area (Å²) in [5, 5.41) is 13.8. The van der Waals surface area contributed by atoms with Gasteiger partial charge < -0.3 is 10.4 Å². The van der Waals surface area contributed by atoms with Gasteiger partial charge in [0.25, 0.3) is 0 Å². The fourth-order valence-corrected chi connectivity index (χ4v) is 3.64. The molecular formula is C14H19NO3S. The van der Waals surface area contributed by atoms with Gasteiger partial charge in [-0.2, -0.15) is 0 Å². The van der Waals surface area contributed by atoms with Gasteiger partial charge in [-0.3, -0.25) is 4.79 Å². The molecule has 5 heteroatoms. The Morgan fingerprint density at radius 3 is 2.58 bits per heavy atom. The number of aromatic carboxylic acids is 1. The number of hydrogen-bond acceptors (Lipinski definition) is 3. The van der Waals surface area contributed by atoms with Crippen molar-refractivity contribution in [1.82, 2.24) is 0 Å². The van der Waals surface area contributed by atoms with Crippen molar-refractivity contribution >= 4 is 28.9 Å². The number of hydrogen-bond donors (Lipinski definition) is 2. The fourth-order valence-electron chi connectivity index (χ4n) is 2.80. The highest BCUT2D eigenvalue weighted by Crippen LogP contribution is 2.42. The lowest BCUT2D eigenvalue weighted by Gasteiger charge is -2.26. The molecule has 0 radical (unpaired) electrons. The summed E-state index contributed by atoms with van der Waals surface area (Å²) in [5.74, 6) is -0.998. The van der Waals surface area contributed by atoms with Crippen molar-refractivity contribution < 1.29 is 14.7 Å². The van der Waals surface area contributed by atoms with E-state index in [1.165, 1.54) is 0 Å². The number of carbonyl (C=O) groups excluding carboxylic acids is 1. The molecule has 1 aliphatic rings. The van der Waals surface area contributed by atoms with Gasteiger partial charge in [0.05, 0.1) is 5.69 Å². The second kappa shape index (κ2) is 5.33. The predicted octanol–water partition coefficient (Wildman–Crippen LogP) is 3.66. The number of rotatable bonds is 4. The number of carboxylic acids is 1. The molecule has 0 spiro atoms. The lowest BCUT2D eigenvalue weighted by atomic mass is 9.82. The zero-order valence-corrected chi connectivity index (χ0v) is 12.1. The summed E-state index contributed by atoms with van der Waals surface area (Å²) in [5.41, 5.74) is 0.992. The molecule has 2 rings (SSSR count). The van der Waals surface area contributed by atoms with Crippen LogP contribution in [-0.4, -0.2) is 17.0 Å². The first-order valence-electron chi connectivity index (χ1n) is 6.63. The fraction of sp³-hybridized carbons (Fsp3) is 0.571. The van der Waals surface area contributed by atoms with Crippen LogP contribution in [0.2, 0.25) is 0 Å². The molecule has 4 nitrogen and oxygen atoms in total. The Kier molecular flexibility index (Phi) is 3.94. The molecule has 1 saturated carbocycles. The van der Waals surface area contributed by atoms with Crippen LogP contribution in [0.25, 0.3) is 0 Å². The molecule has 104 valence electrons. The summed E-state index contributed by atoms with van der Waals surface area (Å²) in [6, 6.07) is 0. The highest BCUT2D eigenvalue weighted by Gasteiger charge is 2.39. The molecular weight excluding hydrogens is 262 g/mol. The molecule has 0 unspecified atom stereocenters. The van der Waals surface area contributed by atoms with E-state index in [0.717, 1.165) is 49.0 Å². The highest BCUT2D eigenvalue weighted by atomic mass is 32.1. The minimum absolute atomic E-state index is 0.0171. The zero-order valence-electron chi connectivity index (χ0n) is 11.3. The van der Waals surface area contributed by atoms with E-state index in [1.54, 1.807) is 5.38 Å². The average Bonchev–Trinajstić information content (AvgIpc) is 2.98. The maximum atomic E-state index is 12.5. The standard InChI is InChI=1S/C14H19NO3S/c1-3-14(6-4-5-7-14)13(18)15-10-9(2)8-19-11(10)12(16)17/h8H,3-7H2,1-2H3,(H,15,18)(H,16,17). The SMILES string of the molecule is CCC1(C(=O)Nc2c(C)csc2C(=O)O)CCCC1. The smallest absolute Gasteiger partial charge is 0.348 e. The van der Waals surface area contributed by atoms with Crippen LogP contribution in [0.1, 0.15) is 54.3 Å². The van der Waals surface area contributed by atoms with Crippen molar-refractivity contribution in [2.45, 2.75) is 46.0 Å². The van der Waals surface area contributed by atoms with Gasteiger partial charge in [0.2, 0.25) is 5.91 Å². The third-order valence-corrected chi connectivity index (χ3v) is 5.21. The molecule has 0 aliphatic heterocycles. The van der Waals surface area contributed by atoms with Gasteiger partial charge in [0.1, 0.15) is 4.88 Å². The second-order valence-electron chi connectivity index (χ2n) is 5.22. The molecule has 0 saturated heterocycles. The molecule has 1 aromatic rings. The van der Waals surface area contributed by atoms with Crippen LogP contribution in [0.5, 0.6) is 0 Å². The summed E-state index contributed by atoms with van der Waals surface area (Å²) in [6.45, 7) is 3.86. The molecule has 1 amide bonds. The van der Waals surface area contributed by atoms with E-state index in [1.807, 2.05) is 13.8 Å². The third kappa shape index (κ3) is 2.52. The Morgan fingerprint density at radius 1 is 1.42 bits per heavy atom. The van der Waals surface area contributed by atoms with E-state index in [9.17, 15) is 9.59 Å². The Morgan fingerprint density at radius 2 is 2.05 bits per heavy atom. The van der Waals surface area contributed by atoms with E-state index in [-0.39, 0.29) is 16.2 Å². The summed E-state index contributed by atoms with van der Waals surface area (Å²) in [7, 11) is 0. The zero-order chi connectivity index (χ0) is 14.0. The molecule has 1 heterocycles. The Bertz CT molecular complexity index is 501. The third-order valence-electron chi connectivity index (χ3n) is 4.13. The van der Waals surface area contributed by atoms with Crippen LogP contribution in [0.15, 0.2) is 5.38 Å². The van der Waals surface area contributed by atoms with Gasteiger partial charge >= 0.3 is 5.97 Å². The first kappa shape index (κ1) is 14.1. The summed E-state index contributed by atoms with van der Waals surface area (Å²) in [4.78, 5) is 23.9. The van der Waals surface area contributed by atoms with Crippen LogP contribution in [0, 0.1) is 12.3 Å². The van der Waals surface area contributed by atoms with Gasteiger partial charge in [-0.25, -0.2) is 4.79 Å². The van der Waals surface area contributed by atoms with E-state index < -0.39 is 5.97 Å². The lowest BCUT2D eigenvalue weighted by Crippen LogP contribution is -2.33. The maximum Gasteiger partial charge on any atom is 0.348 e. The van der Waals surface area contributed by atoms with E-state index in [2.05, 4.69) is 5.32 Å². The normalized spacial score (nSPS) is 17.4. The van der Waals surface area contributed by atoms with Crippen molar-refractivity contribution in [3.63, 3.8) is 0 Å². The second-order valence-corrected chi connectivity index (χ2v) is 6.10. The summed E-state index contributed by atoms with van der Waals surface area (Å²) in [6.07, 6.45) is 4.78. The molecule has 1 aromatic heterocycles. The van der Waals surface area contributed by atoms with Crippen LogP contribution in [0.4, 0.5) is 5.69 Å². The average molecular weight is 281 g/mol. The molecule has 0 atom stereocenters. The monoisotopic (exact) mass is 281 g/mol. The van der Waals surface area contributed by atoms with Crippen LogP contribution < -0.4 is 5.32 Å². The number of carboxylic acid groups (broad SMARTS) is 1. The van der Waals surface area contributed by atoms with Crippen molar-refractivity contribution in [3.05, 3.63) is 15.8 Å². The minimum Gasteiger partial charge on any atom is -0.477 e. The summed E-state index contributed by atoms with van der Waals surface area (Å²) >= 11 is 1.16. The first-order valence-corrected chi connectivity index (χ1v) is 7.51. The van der Waals surface area contributed by atoms with Gasteiger partial charge in [-0.15, -0.1) is 11.3 Å². The maximum absolute atomic E-state index is 12.5. The largest absolute Gasteiger partial charge is 0.477 e. The topological polar surface area (TPSA) is 66.4 Å². The number of nitrogens with one attached hydrogen (secondary N) is 1. The molecule has 2 N–H and O–H groups in total. The molecule has 1 aliphatic carbocycles. The quantitative estimate of drug-likeness (QED) is 0.885. The number of carbonyl (C=O) groups is 2. The van der Waals surface area contributed by atoms with Crippen molar-refractivity contribution in [2.24, 2.45) is 5.41 Å². The summed E-state index contributed by atoms with van der Waals surface area (Å²) < 4.78 is 0. The first-order chi connectivity index (χ1) is 9.00. The number of aryl methyl sites for hydroxylation is 1. The van der Waals surface area contributed by atoms with Gasteiger partial charge in [0, 0.05) is 5.41 Å². The predicted molar refractivity (Wildman–Crippen MR) is 75.8 cm³/mol. The van der Waals surface area contributed by atoms with E-state index >= 15 is 0 Å². The van der Waals surface area contributed by atoms with Crippen LogP contribution in [0.3, 0.4) is 0 Å². The van der Waals surface area contributed by atoms with Crippen LogP contribution in [-0.2, 0) is 4.79 Å². The number of anilines is 1. The highest BCUT2D eigenvalue weighted by molar-refractivity contribution is 7.12. The van der Waals surface area contributed by atoms with Crippen molar-refractivity contribution in [2.75, 3.05) is 5.32 Å². The molecule has 0 bridgehead atoms. The van der Waals surface area contributed by atoms with Gasteiger partial charge in [-0.05, 0) is 37.1 Å². The molecule has 0 aromatic carbocycles. The van der Waals surface area contributed by atoms with Crippen LogP contribution >= 0.6 is 11.3 Å². The molecule has 1 fully saturated rings.